The fourth-order valence-electron chi connectivity index (χ4n) is 6.86. The van der Waals surface area contributed by atoms with Crippen molar-refractivity contribution in [3.8, 4) is 0 Å². The zero-order chi connectivity index (χ0) is 30.5. The van der Waals surface area contributed by atoms with Crippen LogP contribution in [0.3, 0.4) is 0 Å². The topological polar surface area (TPSA) is 150 Å². The third-order valence-electron chi connectivity index (χ3n) is 8.04. The molecule has 2 saturated heterocycles. The number of carbonyl (C=O) groups excluding carboxylic acids is 4. The van der Waals surface area contributed by atoms with Crippen LogP contribution in [0.1, 0.15) is 55.1 Å². The third-order valence-corrected chi connectivity index (χ3v) is 8.04. The van der Waals surface area contributed by atoms with E-state index < -0.39 is 0 Å². The van der Waals surface area contributed by atoms with E-state index in [1.807, 2.05) is 36.4 Å². The maximum atomic E-state index is 11.7. The molecule has 0 radical (unpaired) electrons. The van der Waals surface area contributed by atoms with Crippen molar-refractivity contribution >= 4 is 69.5 Å². The number of benzene rings is 2. The first-order valence-corrected chi connectivity index (χ1v) is 14.1. The second-order valence-electron chi connectivity index (χ2n) is 12.4. The third kappa shape index (κ3) is 5.47. The summed E-state index contributed by atoms with van der Waals surface area (Å²) < 4.78 is 0. The van der Waals surface area contributed by atoms with E-state index in [2.05, 4.69) is 54.2 Å². The van der Waals surface area contributed by atoms with Crippen LogP contribution in [0.2, 0.25) is 0 Å². The molecule has 0 aliphatic carbocycles. The number of amides is 2. The number of nitrogens with zero attached hydrogens (tertiary/aromatic N) is 6. The van der Waals surface area contributed by atoms with Crippen molar-refractivity contribution in [2.75, 3.05) is 46.6 Å². The lowest BCUT2D eigenvalue weighted by atomic mass is 9.65. The highest BCUT2D eigenvalue weighted by atomic mass is 16.2. The van der Waals surface area contributed by atoms with E-state index in [0.717, 1.165) is 44.0 Å². The predicted octanol–water partition coefficient (Wildman–Crippen LogP) is 3.86. The first-order chi connectivity index (χ1) is 20.5. The van der Waals surface area contributed by atoms with Gasteiger partial charge in [-0.15, -0.1) is 0 Å². The van der Waals surface area contributed by atoms with Gasteiger partial charge in [0.25, 0.3) is 0 Å². The van der Waals surface area contributed by atoms with Crippen LogP contribution in [0.15, 0.2) is 36.4 Å². The first-order valence-electron chi connectivity index (χ1n) is 14.1. The molecule has 2 aromatic heterocycles. The molecular weight excluding hydrogens is 548 g/mol. The van der Waals surface area contributed by atoms with E-state index in [-0.39, 0.29) is 45.7 Å². The number of fused-ring (bicyclic) bond motifs is 4. The Bertz CT molecular complexity index is 1680. The monoisotopic (exact) mass is 580 g/mol. The molecule has 43 heavy (non-hydrogen) atoms. The van der Waals surface area contributed by atoms with Gasteiger partial charge in [0.15, 0.2) is 24.2 Å². The molecule has 12 nitrogen and oxygen atoms in total. The second kappa shape index (κ2) is 10.4. The normalized spacial score (nSPS) is 21.5. The minimum Gasteiger partial charge on any atom is -0.370 e. The van der Waals surface area contributed by atoms with E-state index >= 15 is 0 Å². The minimum absolute atomic E-state index is 0.0288. The highest BCUT2D eigenvalue weighted by Crippen LogP contribution is 2.48. The summed E-state index contributed by atoms with van der Waals surface area (Å²) in [4.78, 5) is 69.0. The lowest BCUT2D eigenvalue weighted by molar-refractivity contribution is -0.115. The molecular formula is C31H32N8O4. The van der Waals surface area contributed by atoms with Crippen molar-refractivity contribution in [3.05, 3.63) is 47.8 Å². The van der Waals surface area contributed by atoms with Crippen molar-refractivity contribution in [1.29, 1.82) is 0 Å². The van der Waals surface area contributed by atoms with Crippen LogP contribution in [0, 0.1) is 10.8 Å². The molecule has 220 valence electrons. The van der Waals surface area contributed by atoms with Crippen LogP contribution in [0.4, 0.5) is 23.0 Å². The van der Waals surface area contributed by atoms with Crippen molar-refractivity contribution in [3.63, 3.8) is 0 Å². The van der Waals surface area contributed by atoms with Gasteiger partial charge in [0.05, 0.1) is 22.1 Å². The summed E-state index contributed by atoms with van der Waals surface area (Å²) in [7, 11) is 0. The smallest absolute Gasteiger partial charge is 0.222 e. The van der Waals surface area contributed by atoms with Gasteiger partial charge in [-0.25, -0.2) is 19.9 Å². The molecule has 2 aliphatic rings. The van der Waals surface area contributed by atoms with Crippen molar-refractivity contribution < 1.29 is 19.2 Å². The van der Waals surface area contributed by atoms with Gasteiger partial charge >= 0.3 is 0 Å². The van der Waals surface area contributed by atoms with Crippen LogP contribution < -0.4 is 20.4 Å². The number of rotatable bonds is 6. The van der Waals surface area contributed by atoms with Gasteiger partial charge in [0, 0.05) is 62.2 Å². The van der Waals surface area contributed by atoms with Gasteiger partial charge in [-0.1, -0.05) is 13.8 Å². The highest BCUT2D eigenvalue weighted by Gasteiger charge is 2.48. The van der Waals surface area contributed by atoms with Gasteiger partial charge < -0.3 is 20.4 Å². The van der Waals surface area contributed by atoms with E-state index in [4.69, 9.17) is 0 Å². The summed E-state index contributed by atoms with van der Waals surface area (Å²) >= 11 is 0. The second-order valence-corrected chi connectivity index (χ2v) is 12.4. The van der Waals surface area contributed by atoms with Crippen molar-refractivity contribution in [2.45, 2.75) is 34.1 Å². The Hall–Kier alpha value is -5.00. The summed E-state index contributed by atoms with van der Waals surface area (Å²) in [5.41, 5.74) is 4.53. The molecule has 4 heterocycles. The Morgan fingerprint density at radius 1 is 0.674 bits per heavy atom. The van der Waals surface area contributed by atoms with Crippen LogP contribution in [0.5, 0.6) is 0 Å². The molecule has 2 fully saturated rings. The maximum Gasteiger partial charge on any atom is 0.222 e. The Morgan fingerprint density at radius 2 is 1.07 bits per heavy atom. The molecule has 2 amide bonds. The fraction of sp³-hybridized carbons (Fsp3) is 0.355. The minimum atomic E-state index is -0.317. The van der Waals surface area contributed by atoms with Gasteiger partial charge in [-0.2, -0.15) is 0 Å². The molecule has 0 spiro atoms. The van der Waals surface area contributed by atoms with E-state index in [0.29, 0.717) is 34.6 Å². The number of anilines is 4. The quantitative estimate of drug-likeness (QED) is 0.322. The number of nitrogens with one attached hydrogen (secondary N) is 2. The van der Waals surface area contributed by atoms with E-state index in [1.165, 1.54) is 13.8 Å². The summed E-state index contributed by atoms with van der Waals surface area (Å²) in [5.74, 6) is -0.319. The SMILES string of the molecule is CC(=O)Nc1nc2ccc(N3CC4(C)CN(c5ccc6nc(NC(C)=O)c(C=O)nc6c5)CC(C)(C3)C4)cc2nc1C=O. The molecule has 0 unspecified atom stereocenters. The molecule has 2 N–H and O–H groups in total. The number of piperidine rings is 2. The molecule has 0 atom stereocenters. The predicted molar refractivity (Wildman–Crippen MR) is 164 cm³/mol. The first kappa shape index (κ1) is 28.1. The Labute approximate surface area is 247 Å². The molecule has 0 saturated carbocycles. The number of carbonyl (C=O) groups is 4. The number of aromatic nitrogens is 4. The number of hydrogen-bond donors (Lipinski definition) is 2. The maximum absolute atomic E-state index is 11.7. The number of aldehydes is 2. The van der Waals surface area contributed by atoms with Crippen molar-refractivity contribution in [1.82, 2.24) is 19.9 Å². The molecule has 2 aliphatic heterocycles. The zero-order valence-corrected chi connectivity index (χ0v) is 24.5. The Morgan fingerprint density at radius 3 is 1.42 bits per heavy atom. The highest BCUT2D eigenvalue weighted by molar-refractivity contribution is 5.96. The molecule has 2 bridgehead atoms. The van der Waals surface area contributed by atoms with Crippen LogP contribution in [-0.4, -0.2) is 70.5 Å². The standard InChI is InChI=1S/C31H32N8O4/c1-18(42)32-28-26(11-40)34-24-9-20(5-7-22(24)36-28)38-14-30(3)13-31(4,15-38)17-39(16-30)21-6-8-23-25(10-21)35-27(12-41)29(37-23)33-19(2)43/h5-12H,13-17H2,1-4H3,(H,32,36,42)(H,33,37,43). The van der Waals surface area contributed by atoms with Crippen LogP contribution in [-0.2, 0) is 9.59 Å². The lowest BCUT2D eigenvalue weighted by Crippen LogP contribution is -2.62. The Balaban J connectivity index is 1.27. The lowest BCUT2D eigenvalue weighted by Gasteiger charge is -2.58. The summed E-state index contributed by atoms with van der Waals surface area (Å²) in [6.07, 6.45) is 2.28. The average Bonchev–Trinajstić information content (AvgIpc) is 2.94. The van der Waals surface area contributed by atoms with Gasteiger partial charge in [0.1, 0.15) is 11.4 Å². The zero-order valence-electron chi connectivity index (χ0n) is 24.5. The average molecular weight is 581 g/mol. The molecule has 6 rings (SSSR count). The molecule has 2 aromatic carbocycles. The van der Waals surface area contributed by atoms with E-state index in [9.17, 15) is 19.2 Å². The van der Waals surface area contributed by atoms with Crippen LogP contribution >= 0.6 is 0 Å². The summed E-state index contributed by atoms with van der Waals surface area (Å²) in [5, 5.41) is 5.15. The summed E-state index contributed by atoms with van der Waals surface area (Å²) in [6.45, 7) is 10.6. The van der Waals surface area contributed by atoms with Crippen LogP contribution in [0.25, 0.3) is 22.1 Å². The molecule has 12 heteroatoms. The van der Waals surface area contributed by atoms with Crippen molar-refractivity contribution in [2.24, 2.45) is 10.8 Å². The molecule has 4 aromatic rings. The van der Waals surface area contributed by atoms with E-state index in [1.54, 1.807) is 0 Å². The van der Waals surface area contributed by atoms with Gasteiger partial charge in [-0.3, -0.25) is 19.2 Å². The Kier molecular flexibility index (Phi) is 6.79. The summed E-state index contributed by atoms with van der Waals surface area (Å²) in [6, 6.07) is 11.7. The fourth-order valence-corrected chi connectivity index (χ4v) is 6.86. The van der Waals surface area contributed by atoms with Gasteiger partial charge in [0.2, 0.25) is 11.8 Å². The van der Waals surface area contributed by atoms with Gasteiger partial charge in [-0.05, 0) is 42.8 Å². The number of hydrogen-bond acceptors (Lipinski definition) is 10. The largest absolute Gasteiger partial charge is 0.370 e.